The number of aryl methyl sites for hydroxylation is 1. The first kappa shape index (κ1) is 22.4. The number of nitrogens with zero attached hydrogens (tertiary/aromatic N) is 3. The van der Waals surface area contributed by atoms with E-state index in [1.54, 1.807) is 10.8 Å². The van der Waals surface area contributed by atoms with Crippen LogP contribution in [0.2, 0.25) is 25.7 Å². The second-order valence-corrected chi connectivity index (χ2v) is 14.0. The molecule has 2 heterocycles. The summed E-state index contributed by atoms with van der Waals surface area (Å²) in [5.74, 6) is -0.0151. The molecule has 2 amide bonds. The van der Waals surface area contributed by atoms with Crippen LogP contribution >= 0.6 is 0 Å². The molecule has 0 aromatic carbocycles. The molecule has 9 nitrogen and oxygen atoms in total. The lowest BCUT2D eigenvalue weighted by molar-refractivity contribution is 0.00976. The van der Waals surface area contributed by atoms with Crippen LogP contribution in [0.4, 0.5) is 4.79 Å². The number of hydrogen-bond acceptors (Lipinski definition) is 5. The number of ether oxygens (including phenoxy) is 2. The summed E-state index contributed by atoms with van der Waals surface area (Å²) in [6.07, 6.45) is 0.910. The van der Waals surface area contributed by atoms with Crippen molar-refractivity contribution >= 4 is 20.1 Å². The van der Waals surface area contributed by atoms with Gasteiger partial charge in [0.1, 0.15) is 6.73 Å². The van der Waals surface area contributed by atoms with Gasteiger partial charge in [-0.15, -0.1) is 0 Å². The largest absolute Gasteiger partial charge is 0.465 e. The third-order valence-electron chi connectivity index (χ3n) is 4.78. The maximum absolute atomic E-state index is 12.8. The molecule has 1 aromatic heterocycles. The maximum atomic E-state index is 12.8. The van der Waals surface area contributed by atoms with Crippen LogP contribution in [0, 0.1) is 6.92 Å². The predicted molar refractivity (Wildman–Crippen MR) is 107 cm³/mol. The van der Waals surface area contributed by atoms with Gasteiger partial charge in [0.15, 0.2) is 0 Å². The number of carbonyl (C=O) groups excluding carboxylic acids is 1. The minimum absolute atomic E-state index is 0.226. The lowest BCUT2D eigenvalue weighted by atomic mass is 10.0. The maximum Gasteiger partial charge on any atom is 0.407 e. The fourth-order valence-corrected chi connectivity index (χ4v) is 3.85. The molecule has 158 valence electrons. The van der Waals surface area contributed by atoms with Crippen molar-refractivity contribution in [3.05, 3.63) is 17.7 Å². The SMILES string of the molecule is CO[C@H]1CN(C(=O)O)CC[C@H]1NC(=O)c1nc(C)cn1COCC[Si](C)(C)C. The Hall–Kier alpha value is -1.91. The van der Waals surface area contributed by atoms with Gasteiger partial charge in [-0.2, -0.15) is 0 Å². The Labute approximate surface area is 167 Å². The number of hydrogen-bond donors (Lipinski definition) is 2. The molecule has 0 aliphatic carbocycles. The van der Waals surface area contributed by atoms with E-state index in [-0.39, 0.29) is 25.2 Å². The topological polar surface area (TPSA) is 106 Å². The highest BCUT2D eigenvalue weighted by Gasteiger charge is 2.33. The molecule has 0 spiro atoms. The summed E-state index contributed by atoms with van der Waals surface area (Å²) in [4.78, 5) is 29.6. The van der Waals surface area contributed by atoms with Crippen LogP contribution in [-0.4, -0.2) is 78.6 Å². The summed E-state index contributed by atoms with van der Waals surface area (Å²) in [6.45, 7) is 10.2. The van der Waals surface area contributed by atoms with Crippen molar-refractivity contribution in [2.75, 3.05) is 26.8 Å². The van der Waals surface area contributed by atoms with Gasteiger partial charge in [-0.3, -0.25) is 4.79 Å². The van der Waals surface area contributed by atoms with Crippen LogP contribution in [0.5, 0.6) is 0 Å². The van der Waals surface area contributed by atoms with Gasteiger partial charge in [0, 0.05) is 34.5 Å². The van der Waals surface area contributed by atoms with E-state index in [0.717, 1.165) is 11.7 Å². The lowest BCUT2D eigenvalue weighted by Crippen LogP contribution is -2.56. The molecule has 10 heteroatoms. The summed E-state index contributed by atoms with van der Waals surface area (Å²) in [7, 11) is 0.351. The minimum Gasteiger partial charge on any atom is -0.465 e. The van der Waals surface area contributed by atoms with Gasteiger partial charge in [-0.05, 0) is 19.4 Å². The van der Waals surface area contributed by atoms with E-state index >= 15 is 0 Å². The van der Waals surface area contributed by atoms with Gasteiger partial charge >= 0.3 is 6.09 Å². The monoisotopic (exact) mass is 412 g/mol. The molecular formula is C18H32N4O5Si. The predicted octanol–water partition coefficient (Wildman–Crippen LogP) is 2.00. The second-order valence-electron chi connectivity index (χ2n) is 8.40. The van der Waals surface area contributed by atoms with Crippen LogP contribution in [0.3, 0.4) is 0 Å². The number of rotatable bonds is 8. The van der Waals surface area contributed by atoms with Crippen LogP contribution in [0.15, 0.2) is 6.20 Å². The highest BCUT2D eigenvalue weighted by atomic mass is 28.3. The number of imidazole rings is 1. The fraction of sp³-hybridized carbons (Fsp3) is 0.722. The first-order valence-electron chi connectivity index (χ1n) is 9.54. The highest BCUT2D eigenvalue weighted by Crippen LogP contribution is 2.15. The number of methoxy groups -OCH3 is 1. The molecule has 2 atom stereocenters. The van der Waals surface area contributed by atoms with Gasteiger partial charge in [-0.1, -0.05) is 19.6 Å². The zero-order chi connectivity index (χ0) is 20.9. The van der Waals surface area contributed by atoms with Gasteiger partial charge < -0.3 is 29.4 Å². The van der Waals surface area contributed by atoms with Crippen molar-refractivity contribution in [1.29, 1.82) is 0 Å². The van der Waals surface area contributed by atoms with Crippen molar-refractivity contribution < 1.29 is 24.2 Å². The van der Waals surface area contributed by atoms with Crippen molar-refractivity contribution in [2.45, 2.75) is 57.9 Å². The molecule has 1 aromatic rings. The number of carboxylic acid groups (broad SMARTS) is 1. The quantitative estimate of drug-likeness (QED) is 0.500. The van der Waals surface area contributed by atoms with E-state index in [4.69, 9.17) is 14.6 Å². The second kappa shape index (κ2) is 9.53. The zero-order valence-electron chi connectivity index (χ0n) is 17.4. The van der Waals surface area contributed by atoms with E-state index < -0.39 is 20.3 Å². The van der Waals surface area contributed by atoms with Gasteiger partial charge in [0.2, 0.25) is 5.82 Å². The molecule has 0 bridgehead atoms. The zero-order valence-corrected chi connectivity index (χ0v) is 18.4. The van der Waals surface area contributed by atoms with Crippen molar-refractivity contribution in [3.63, 3.8) is 0 Å². The highest BCUT2D eigenvalue weighted by molar-refractivity contribution is 6.76. The molecule has 0 unspecified atom stereocenters. The summed E-state index contributed by atoms with van der Waals surface area (Å²) in [6, 6.07) is 0.784. The van der Waals surface area contributed by atoms with Gasteiger partial charge in [0.05, 0.1) is 24.4 Å². The Bertz CT molecular complexity index is 688. The first-order valence-corrected chi connectivity index (χ1v) is 13.2. The minimum atomic E-state index is -1.17. The van der Waals surface area contributed by atoms with E-state index in [9.17, 15) is 9.59 Å². The van der Waals surface area contributed by atoms with E-state index in [0.29, 0.717) is 25.4 Å². The molecule has 1 saturated heterocycles. The average molecular weight is 413 g/mol. The molecule has 1 aliphatic rings. The summed E-state index contributed by atoms with van der Waals surface area (Å²) in [5.41, 5.74) is 0.739. The smallest absolute Gasteiger partial charge is 0.407 e. The molecule has 2 rings (SSSR count). The molecule has 0 radical (unpaired) electrons. The van der Waals surface area contributed by atoms with Crippen molar-refractivity contribution in [1.82, 2.24) is 19.8 Å². The number of nitrogens with one attached hydrogen (secondary N) is 1. The number of likely N-dealkylation sites (tertiary alicyclic amines) is 1. The fourth-order valence-electron chi connectivity index (χ4n) is 3.09. The normalized spacial score (nSPS) is 20.2. The number of piperidine rings is 1. The Kier molecular flexibility index (Phi) is 7.61. The van der Waals surface area contributed by atoms with Crippen molar-refractivity contribution in [3.8, 4) is 0 Å². The molecule has 1 fully saturated rings. The number of amides is 2. The van der Waals surface area contributed by atoms with Crippen LogP contribution in [-0.2, 0) is 16.2 Å². The first-order chi connectivity index (χ1) is 13.1. The average Bonchev–Trinajstić information content (AvgIpc) is 2.99. The molecule has 1 aliphatic heterocycles. The van der Waals surface area contributed by atoms with Gasteiger partial charge in [0.25, 0.3) is 5.91 Å². The summed E-state index contributed by atoms with van der Waals surface area (Å²) >= 11 is 0. The van der Waals surface area contributed by atoms with Gasteiger partial charge in [-0.25, -0.2) is 9.78 Å². The molecule has 2 N–H and O–H groups in total. The standard InChI is InChI=1S/C18H32N4O5Si/c1-13-10-22(12-27-8-9-28(3,4)5)16(19-13)17(23)20-14-6-7-21(18(24)25)11-15(14)26-2/h10,14-15H,6-9,11-12H2,1-5H3,(H,20,23)(H,24,25)/t14-,15+/m1/s1. The molecular weight excluding hydrogens is 380 g/mol. The third kappa shape index (κ3) is 6.32. The van der Waals surface area contributed by atoms with Crippen LogP contribution in [0.25, 0.3) is 0 Å². The number of carbonyl (C=O) groups is 2. The van der Waals surface area contributed by atoms with Crippen LogP contribution < -0.4 is 5.32 Å². The van der Waals surface area contributed by atoms with E-state index in [2.05, 4.69) is 29.9 Å². The van der Waals surface area contributed by atoms with E-state index in [1.807, 2.05) is 6.92 Å². The summed E-state index contributed by atoms with van der Waals surface area (Å²) in [5, 5.41) is 12.1. The Balaban J connectivity index is 1.97. The lowest BCUT2D eigenvalue weighted by Gasteiger charge is -2.36. The van der Waals surface area contributed by atoms with Crippen LogP contribution in [0.1, 0.15) is 22.7 Å². The Morgan fingerprint density at radius 3 is 2.71 bits per heavy atom. The molecule has 0 saturated carbocycles. The third-order valence-corrected chi connectivity index (χ3v) is 6.48. The van der Waals surface area contributed by atoms with Crippen molar-refractivity contribution in [2.24, 2.45) is 0 Å². The number of aromatic nitrogens is 2. The summed E-state index contributed by atoms with van der Waals surface area (Å²) < 4.78 is 12.9. The van der Waals surface area contributed by atoms with E-state index in [1.165, 1.54) is 12.0 Å². The Morgan fingerprint density at radius 2 is 2.11 bits per heavy atom. The Morgan fingerprint density at radius 1 is 1.39 bits per heavy atom. The molecule has 28 heavy (non-hydrogen) atoms.